The molecule has 7 nitrogen and oxygen atoms in total. The van der Waals surface area contributed by atoms with Crippen LogP contribution in [0.1, 0.15) is 105 Å². The molecule has 3 atom stereocenters. The highest BCUT2D eigenvalue weighted by atomic mass is 16.6. The summed E-state index contributed by atoms with van der Waals surface area (Å²) >= 11 is 0. The third kappa shape index (κ3) is 8.24. The number of nitrogens with one attached hydrogen (secondary N) is 2. The summed E-state index contributed by atoms with van der Waals surface area (Å²) in [5.41, 5.74) is 1.28. The zero-order valence-electron chi connectivity index (χ0n) is 23.5. The fraction of sp³-hybridized carbons (Fsp3) is 0.690. The van der Waals surface area contributed by atoms with Gasteiger partial charge in [0.25, 0.3) is 0 Å². The van der Waals surface area contributed by atoms with Crippen molar-refractivity contribution in [1.82, 2.24) is 15.5 Å². The molecule has 0 heterocycles. The minimum absolute atomic E-state index is 0.000887. The van der Waals surface area contributed by atoms with Gasteiger partial charge >= 0.3 is 6.09 Å². The summed E-state index contributed by atoms with van der Waals surface area (Å²) in [5.74, 6) is -0.610. The molecule has 0 aromatic heterocycles. The Balaban J connectivity index is 2.47. The van der Waals surface area contributed by atoms with E-state index < -0.39 is 23.8 Å². The Morgan fingerprint density at radius 2 is 1.64 bits per heavy atom. The Hall–Kier alpha value is -2.57. The van der Waals surface area contributed by atoms with Crippen molar-refractivity contribution in [3.8, 4) is 0 Å². The number of benzene rings is 1. The van der Waals surface area contributed by atoms with Crippen LogP contribution in [-0.4, -0.2) is 46.5 Å². The number of hydrogen-bond acceptors (Lipinski definition) is 4. The average Bonchev–Trinajstić information content (AvgIpc) is 2.74. The summed E-state index contributed by atoms with van der Waals surface area (Å²) in [5, 5.41) is 5.94. The van der Waals surface area contributed by atoms with Crippen molar-refractivity contribution < 1.29 is 19.1 Å². The van der Waals surface area contributed by atoms with E-state index in [2.05, 4.69) is 24.5 Å². The van der Waals surface area contributed by atoms with Crippen LogP contribution in [0.2, 0.25) is 0 Å². The number of hydrogen-bond donors (Lipinski definition) is 2. The fourth-order valence-corrected chi connectivity index (χ4v) is 4.49. The Kier molecular flexibility index (Phi) is 10.8. The van der Waals surface area contributed by atoms with Crippen LogP contribution in [0.5, 0.6) is 0 Å². The maximum Gasteiger partial charge on any atom is 0.408 e. The van der Waals surface area contributed by atoms with E-state index in [9.17, 15) is 14.4 Å². The van der Waals surface area contributed by atoms with Crippen LogP contribution in [0.25, 0.3) is 0 Å². The number of carbonyl (C=O) groups is 3. The first-order valence-corrected chi connectivity index (χ1v) is 13.6. The maximum absolute atomic E-state index is 14.1. The summed E-state index contributed by atoms with van der Waals surface area (Å²) in [7, 11) is 0. The monoisotopic (exact) mass is 501 g/mol. The number of ether oxygens (including phenoxy) is 1. The lowest BCUT2D eigenvalue weighted by Crippen LogP contribution is -2.59. The zero-order valence-corrected chi connectivity index (χ0v) is 23.5. The lowest BCUT2D eigenvalue weighted by molar-refractivity contribution is -0.148. The van der Waals surface area contributed by atoms with Crippen molar-refractivity contribution in [3.05, 3.63) is 35.4 Å². The molecule has 0 saturated heterocycles. The number of carbonyl (C=O) groups excluding carboxylic acids is 3. The first-order valence-electron chi connectivity index (χ1n) is 13.6. The molecule has 0 radical (unpaired) electrons. The molecule has 0 spiro atoms. The van der Waals surface area contributed by atoms with E-state index in [1.165, 1.54) is 5.56 Å². The number of nitrogens with zero attached hydrogens (tertiary/aromatic N) is 1. The highest BCUT2D eigenvalue weighted by Gasteiger charge is 2.42. The average molecular weight is 502 g/mol. The van der Waals surface area contributed by atoms with Gasteiger partial charge in [0.05, 0.1) is 0 Å². The highest BCUT2D eigenvalue weighted by Crippen LogP contribution is 2.34. The van der Waals surface area contributed by atoms with Gasteiger partial charge in [0, 0.05) is 12.1 Å². The maximum atomic E-state index is 14.1. The zero-order chi connectivity index (χ0) is 27.0. The summed E-state index contributed by atoms with van der Waals surface area (Å²) in [6, 6.07) is 6.33. The normalized spacial score (nSPS) is 16.5. The van der Waals surface area contributed by atoms with Crippen molar-refractivity contribution in [2.45, 2.75) is 124 Å². The Labute approximate surface area is 217 Å². The molecule has 202 valence electrons. The molecule has 36 heavy (non-hydrogen) atoms. The van der Waals surface area contributed by atoms with Crippen molar-refractivity contribution in [2.24, 2.45) is 5.92 Å². The minimum atomic E-state index is -0.807. The SMILES string of the molecule is CCCC(C)NC(=O)C(c1ccc(CC)cc1)N(C(=O)C(NC(=O)OC(C)(C)C)C(C)C)C1CCC1. The van der Waals surface area contributed by atoms with Gasteiger partial charge in [0.1, 0.15) is 17.7 Å². The second-order valence-electron chi connectivity index (χ2n) is 11.4. The molecule has 1 saturated carbocycles. The molecular formula is C29H47N3O4. The van der Waals surface area contributed by atoms with Crippen molar-refractivity contribution in [2.75, 3.05) is 0 Å². The predicted molar refractivity (Wildman–Crippen MR) is 144 cm³/mol. The number of alkyl carbamates (subject to hydrolysis) is 1. The van der Waals surface area contributed by atoms with Crippen LogP contribution in [-0.2, 0) is 20.7 Å². The van der Waals surface area contributed by atoms with Gasteiger partial charge in [-0.15, -0.1) is 0 Å². The van der Waals surface area contributed by atoms with Crippen LogP contribution >= 0.6 is 0 Å². The van der Waals surface area contributed by atoms with Crippen LogP contribution < -0.4 is 10.6 Å². The summed E-state index contributed by atoms with van der Waals surface area (Å²) < 4.78 is 5.45. The van der Waals surface area contributed by atoms with E-state index >= 15 is 0 Å². The fourth-order valence-electron chi connectivity index (χ4n) is 4.49. The summed E-state index contributed by atoms with van der Waals surface area (Å²) in [6.07, 6.45) is 4.76. The summed E-state index contributed by atoms with van der Waals surface area (Å²) in [6.45, 7) is 15.3. The molecule has 0 aliphatic heterocycles. The molecule has 1 fully saturated rings. The van der Waals surface area contributed by atoms with Crippen LogP contribution in [0.3, 0.4) is 0 Å². The molecule has 1 aromatic rings. The predicted octanol–water partition coefficient (Wildman–Crippen LogP) is 5.53. The van der Waals surface area contributed by atoms with E-state index in [0.29, 0.717) is 0 Å². The molecule has 1 aliphatic carbocycles. The van der Waals surface area contributed by atoms with Gasteiger partial charge in [-0.05, 0) is 76.8 Å². The van der Waals surface area contributed by atoms with Gasteiger partial charge in [-0.3, -0.25) is 9.59 Å². The van der Waals surface area contributed by atoms with Gasteiger partial charge in [0.15, 0.2) is 0 Å². The quantitative estimate of drug-likeness (QED) is 0.418. The standard InChI is InChI=1S/C29H47N3O4/c1-9-12-20(5)30-26(33)25(22-17-15-21(10-2)16-18-22)32(23-13-11-14-23)27(34)24(19(3)4)31-28(35)36-29(6,7)8/h15-20,23-25H,9-14H2,1-8H3,(H,30,33)(H,31,35). The van der Waals surface area contributed by atoms with Crippen LogP contribution in [0, 0.1) is 5.92 Å². The molecular weight excluding hydrogens is 454 g/mol. The van der Waals surface area contributed by atoms with Gasteiger partial charge in [-0.25, -0.2) is 4.79 Å². The molecule has 1 aromatic carbocycles. The van der Waals surface area contributed by atoms with E-state index in [4.69, 9.17) is 4.74 Å². The molecule has 3 unspecified atom stereocenters. The second-order valence-corrected chi connectivity index (χ2v) is 11.4. The van der Waals surface area contributed by atoms with Gasteiger partial charge in [-0.2, -0.15) is 0 Å². The van der Waals surface area contributed by atoms with Crippen molar-refractivity contribution in [1.29, 1.82) is 0 Å². The van der Waals surface area contributed by atoms with Crippen LogP contribution in [0.15, 0.2) is 24.3 Å². The molecule has 1 aliphatic rings. The highest BCUT2D eigenvalue weighted by molar-refractivity contribution is 5.92. The molecule has 0 bridgehead atoms. The number of rotatable bonds is 11. The van der Waals surface area contributed by atoms with Gasteiger partial charge in [0.2, 0.25) is 11.8 Å². The number of aryl methyl sites for hydroxylation is 1. The van der Waals surface area contributed by atoms with Gasteiger partial charge in [-0.1, -0.05) is 58.4 Å². The molecule has 2 rings (SSSR count). The van der Waals surface area contributed by atoms with Crippen molar-refractivity contribution in [3.63, 3.8) is 0 Å². The first-order chi connectivity index (χ1) is 16.9. The third-order valence-corrected chi connectivity index (χ3v) is 6.67. The van der Waals surface area contributed by atoms with E-state index in [1.54, 1.807) is 25.7 Å². The number of amides is 3. The molecule has 2 N–H and O–H groups in total. The van der Waals surface area contributed by atoms with Crippen molar-refractivity contribution >= 4 is 17.9 Å². The van der Waals surface area contributed by atoms with E-state index in [-0.39, 0.29) is 29.8 Å². The van der Waals surface area contributed by atoms with E-state index in [1.807, 2.05) is 45.0 Å². The smallest absolute Gasteiger partial charge is 0.408 e. The van der Waals surface area contributed by atoms with Gasteiger partial charge < -0.3 is 20.3 Å². The largest absolute Gasteiger partial charge is 0.444 e. The van der Waals surface area contributed by atoms with E-state index in [0.717, 1.165) is 44.1 Å². The first kappa shape index (κ1) is 29.7. The minimum Gasteiger partial charge on any atom is -0.444 e. The Bertz CT molecular complexity index is 872. The lowest BCUT2D eigenvalue weighted by Gasteiger charge is -2.44. The summed E-state index contributed by atoms with van der Waals surface area (Å²) in [4.78, 5) is 42.3. The molecule has 7 heteroatoms. The Morgan fingerprint density at radius 3 is 2.08 bits per heavy atom. The topological polar surface area (TPSA) is 87.7 Å². The van der Waals surface area contributed by atoms with Crippen LogP contribution in [0.4, 0.5) is 4.79 Å². The lowest BCUT2D eigenvalue weighted by atomic mass is 9.87. The molecule has 3 amide bonds. The Morgan fingerprint density at radius 1 is 1.03 bits per heavy atom. The third-order valence-electron chi connectivity index (χ3n) is 6.67. The second kappa shape index (κ2) is 13.1.